The van der Waals surface area contributed by atoms with Gasteiger partial charge in [0.2, 0.25) is 0 Å². The molecule has 1 heteroatoms. The summed E-state index contributed by atoms with van der Waals surface area (Å²) in [5, 5.41) is 3.81. The fourth-order valence-corrected chi connectivity index (χ4v) is 3.75. The van der Waals surface area contributed by atoms with Crippen molar-refractivity contribution in [2.45, 2.75) is 25.3 Å². The molecule has 0 saturated heterocycles. The van der Waals surface area contributed by atoms with Crippen LogP contribution in [0.5, 0.6) is 0 Å². The normalized spacial score (nSPS) is 38.1. The van der Waals surface area contributed by atoms with Gasteiger partial charge in [-0.1, -0.05) is 128 Å². The van der Waals surface area contributed by atoms with Crippen LogP contribution in [0.3, 0.4) is 0 Å². The molecule has 3 aliphatic carbocycles. The highest BCUT2D eigenvalue weighted by Gasteiger charge is 2.29. The van der Waals surface area contributed by atoms with Gasteiger partial charge in [0, 0.05) is 17.7 Å². The summed E-state index contributed by atoms with van der Waals surface area (Å²) in [6.07, 6.45) is 49.7. The van der Waals surface area contributed by atoms with Crippen molar-refractivity contribution in [1.82, 2.24) is 5.32 Å². The van der Waals surface area contributed by atoms with E-state index in [0.29, 0.717) is 12.0 Å². The van der Waals surface area contributed by atoms with E-state index < -0.39 is 0 Å². The SMILES string of the molecule is C1=C\C=C/C=C\C(NC2CCCC2C2=C/C=C\C=C/C=C\C=C/C=C\2)=C/C=C\C=C/1. The quantitative estimate of drug-likeness (QED) is 0.537. The van der Waals surface area contributed by atoms with E-state index in [1.165, 1.54) is 24.8 Å². The molecule has 1 fully saturated rings. The molecule has 0 aromatic carbocycles. The fraction of sp³-hybridized carbons (Fsp3) is 0.172. The summed E-state index contributed by atoms with van der Waals surface area (Å²) in [4.78, 5) is 0. The first-order valence-electron chi connectivity index (χ1n) is 10.8. The third kappa shape index (κ3) is 7.60. The van der Waals surface area contributed by atoms with Crippen molar-refractivity contribution in [3.8, 4) is 0 Å². The predicted molar refractivity (Wildman–Crippen MR) is 132 cm³/mol. The van der Waals surface area contributed by atoms with E-state index in [1.807, 2.05) is 36.5 Å². The highest BCUT2D eigenvalue weighted by Crippen LogP contribution is 2.33. The van der Waals surface area contributed by atoms with Gasteiger partial charge in [0.1, 0.15) is 0 Å². The Hall–Kier alpha value is -3.32. The fourth-order valence-electron chi connectivity index (χ4n) is 3.75. The van der Waals surface area contributed by atoms with Gasteiger partial charge in [-0.2, -0.15) is 0 Å². The number of hydrogen-bond acceptors (Lipinski definition) is 1. The van der Waals surface area contributed by atoms with E-state index in [2.05, 4.69) is 103 Å². The Morgan fingerprint density at radius 3 is 1.63 bits per heavy atom. The summed E-state index contributed by atoms with van der Waals surface area (Å²) < 4.78 is 0. The summed E-state index contributed by atoms with van der Waals surface area (Å²) in [6, 6.07) is 0.429. The van der Waals surface area contributed by atoms with Crippen molar-refractivity contribution in [2.24, 2.45) is 5.92 Å². The third-order valence-corrected chi connectivity index (χ3v) is 5.20. The Morgan fingerprint density at radius 2 is 1.00 bits per heavy atom. The van der Waals surface area contributed by atoms with E-state index in [4.69, 9.17) is 0 Å². The molecular weight excluding hydrogens is 362 g/mol. The monoisotopic (exact) mass is 393 g/mol. The Morgan fingerprint density at radius 1 is 0.500 bits per heavy atom. The summed E-state index contributed by atoms with van der Waals surface area (Å²) in [5.74, 6) is 0.500. The Labute approximate surface area is 181 Å². The zero-order valence-electron chi connectivity index (χ0n) is 17.5. The van der Waals surface area contributed by atoms with Crippen LogP contribution in [0.4, 0.5) is 0 Å². The molecule has 1 nitrogen and oxygen atoms in total. The van der Waals surface area contributed by atoms with Crippen LogP contribution in [-0.4, -0.2) is 6.04 Å². The van der Waals surface area contributed by atoms with Crippen molar-refractivity contribution in [3.05, 3.63) is 145 Å². The van der Waals surface area contributed by atoms with Crippen LogP contribution in [-0.2, 0) is 0 Å². The van der Waals surface area contributed by atoms with Gasteiger partial charge in [0.15, 0.2) is 0 Å². The Balaban J connectivity index is 1.77. The maximum Gasteiger partial charge on any atom is 0.0342 e. The van der Waals surface area contributed by atoms with Gasteiger partial charge in [0.05, 0.1) is 0 Å². The molecular formula is C29H31N. The van der Waals surface area contributed by atoms with Crippen LogP contribution in [0, 0.1) is 5.92 Å². The molecule has 2 atom stereocenters. The topological polar surface area (TPSA) is 12.0 Å². The molecule has 3 aliphatic rings. The zero-order chi connectivity index (χ0) is 20.7. The van der Waals surface area contributed by atoms with Crippen molar-refractivity contribution < 1.29 is 0 Å². The second-order valence-electron chi connectivity index (χ2n) is 7.37. The molecule has 2 unspecified atom stereocenters. The maximum atomic E-state index is 3.81. The highest BCUT2D eigenvalue weighted by atomic mass is 14.9. The lowest BCUT2D eigenvalue weighted by atomic mass is 9.92. The van der Waals surface area contributed by atoms with E-state index in [9.17, 15) is 0 Å². The van der Waals surface area contributed by atoms with Crippen LogP contribution in [0.15, 0.2) is 145 Å². The van der Waals surface area contributed by atoms with Crippen molar-refractivity contribution in [3.63, 3.8) is 0 Å². The van der Waals surface area contributed by atoms with Gasteiger partial charge in [-0.05, 0) is 30.6 Å². The van der Waals surface area contributed by atoms with Gasteiger partial charge in [-0.25, -0.2) is 0 Å². The van der Waals surface area contributed by atoms with Crippen LogP contribution >= 0.6 is 0 Å². The molecule has 0 radical (unpaired) electrons. The molecule has 3 rings (SSSR count). The van der Waals surface area contributed by atoms with E-state index in [0.717, 1.165) is 5.70 Å². The zero-order valence-corrected chi connectivity index (χ0v) is 17.5. The summed E-state index contributed by atoms with van der Waals surface area (Å²) >= 11 is 0. The highest BCUT2D eigenvalue weighted by molar-refractivity contribution is 5.34. The summed E-state index contributed by atoms with van der Waals surface area (Å²) in [5.41, 5.74) is 2.53. The molecule has 0 spiro atoms. The molecule has 0 aromatic heterocycles. The lowest BCUT2D eigenvalue weighted by Gasteiger charge is -2.24. The van der Waals surface area contributed by atoms with E-state index in [1.54, 1.807) is 0 Å². The Bertz CT molecular complexity index is 904. The molecule has 0 aliphatic heterocycles. The smallest absolute Gasteiger partial charge is 0.0342 e. The van der Waals surface area contributed by atoms with E-state index >= 15 is 0 Å². The second kappa shape index (κ2) is 13.0. The number of hydrogen-bond donors (Lipinski definition) is 1. The lowest BCUT2D eigenvalue weighted by molar-refractivity contribution is 0.492. The molecule has 1 N–H and O–H groups in total. The largest absolute Gasteiger partial charge is 0.382 e. The molecule has 30 heavy (non-hydrogen) atoms. The van der Waals surface area contributed by atoms with Gasteiger partial charge in [0.25, 0.3) is 0 Å². The third-order valence-electron chi connectivity index (χ3n) is 5.20. The van der Waals surface area contributed by atoms with Crippen LogP contribution < -0.4 is 5.32 Å². The van der Waals surface area contributed by atoms with Crippen LogP contribution in [0.2, 0.25) is 0 Å². The average Bonchev–Trinajstić information content (AvgIpc) is 3.18. The lowest BCUT2D eigenvalue weighted by Crippen LogP contribution is -2.32. The number of allylic oxidation sites excluding steroid dienone is 22. The maximum absolute atomic E-state index is 3.81. The summed E-state index contributed by atoms with van der Waals surface area (Å²) in [6.45, 7) is 0. The van der Waals surface area contributed by atoms with E-state index in [-0.39, 0.29) is 0 Å². The van der Waals surface area contributed by atoms with Crippen molar-refractivity contribution in [2.75, 3.05) is 0 Å². The average molecular weight is 394 g/mol. The van der Waals surface area contributed by atoms with Gasteiger partial charge in [-0.3, -0.25) is 0 Å². The van der Waals surface area contributed by atoms with Gasteiger partial charge < -0.3 is 5.32 Å². The minimum absolute atomic E-state index is 0.429. The molecule has 0 heterocycles. The predicted octanol–water partition coefficient (Wildman–Crippen LogP) is 7.14. The standard InChI is InChI=1S/C29H31N/c1-3-7-11-15-20-26(21-16-12-8-4-1)28-24-19-25-29(28)30-27-22-17-13-9-5-2-6-10-14-18-23-27/h1-18,20-23,28-30H,19,24-25H2/b3-1-,4-1?,5-2-,6-2?,7-3?,8-4-,9-5?,10-6-,11-7-,12-8?,13-9-,14-10?,15-11?,16-12-,17-13?,18-14-,20-15-,21-16?,22-17-,23-18?,26-20?,26-21+,27-22?,27-23+. The van der Waals surface area contributed by atoms with Gasteiger partial charge >= 0.3 is 0 Å². The van der Waals surface area contributed by atoms with Crippen LogP contribution in [0.25, 0.3) is 0 Å². The first-order chi connectivity index (χ1) is 14.9. The molecule has 0 bridgehead atoms. The second-order valence-corrected chi connectivity index (χ2v) is 7.37. The Kier molecular flexibility index (Phi) is 9.27. The van der Waals surface area contributed by atoms with Crippen molar-refractivity contribution >= 4 is 0 Å². The number of rotatable bonds is 3. The minimum Gasteiger partial charge on any atom is -0.382 e. The minimum atomic E-state index is 0.429. The molecule has 152 valence electrons. The van der Waals surface area contributed by atoms with Crippen molar-refractivity contribution in [1.29, 1.82) is 0 Å². The van der Waals surface area contributed by atoms with Gasteiger partial charge in [-0.15, -0.1) is 0 Å². The first-order valence-corrected chi connectivity index (χ1v) is 10.8. The molecule has 0 amide bonds. The molecule has 1 saturated carbocycles. The first kappa shape index (κ1) is 21.4. The number of nitrogens with one attached hydrogen (secondary N) is 1. The van der Waals surface area contributed by atoms with Crippen LogP contribution in [0.1, 0.15) is 19.3 Å². The molecule has 0 aromatic rings. The summed E-state index contributed by atoms with van der Waals surface area (Å²) in [7, 11) is 0.